The highest BCUT2D eigenvalue weighted by atomic mass is 32.2. The molecule has 3 rings (SSSR count). The molecule has 1 heterocycles. The maximum Gasteiger partial charge on any atom is 0.313 e. The maximum absolute atomic E-state index is 10.8. The number of aryl methyl sites for hydroxylation is 2. The molecule has 1 aliphatic rings. The summed E-state index contributed by atoms with van der Waals surface area (Å²) in [7, 11) is 0. The summed E-state index contributed by atoms with van der Waals surface area (Å²) >= 11 is 1.24. The minimum atomic E-state index is -0.835. The summed E-state index contributed by atoms with van der Waals surface area (Å²) in [6, 6.07) is 6.69. The molecule has 1 saturated carbocycles. The van der Waals surface area contributed by atoms with E-state index in [2.05, 4.69) is 46.8 Å². The first-order chi connectivity index (χ1) is 10.1. The minimum absolute atomic E-state index is 0.0116. The van der Waals surface area contributed by atoms with Gasteiger partial charge in [0.1, 0.15) is 0 Å². The second-order valence-electron chi connectivity index (χ2n) is 5.41. The third-order valence-corrected chi connectivity index (χ3v) is 4.46. The van der Waals surface area contributed by atoms with Crippen LogP contribution in [0.3, 0.4) is 0 Å². The summed E-state index contributed by atoms with van der Waals surface area (Å²) < 4.78 is 2.11. The number of rotatable bonds is 5. The summed E-state index contributed by atoms with van der Waals surface area (Å²) in [6.45, 7) is 4.12. The van der Waals surface area contributed by atoms with Gasteiger partial charge < -0.3 is 5.11 Å². The van der Waals surface area contributed by atoms with Crippen molar-refractivity contribution in [3.63, 3.8) is 0 Å². The number of hydrogen-bond donors (Lipinski definition) is 1. The summed E-state index contributed by atoms with van der Waals surface area (Å²) in [4.78, 5) is 10.8. The number of aromatic nitrogens is 3. The highest BCUT2D eigenvalue weighted by Crippen LogP contribution is 2.41. The van der Waals surface area contributed by atoms with Crippen molar-refractivity contribution in [1.82, 2.24) is 14.8 Å². The zero-order valence-electron chi connectivity index (χ0n) is 12.0. The van der Waals surface area contributed by atoms with Crippen LogP contribution in [0.2, 0.25) is 0 Å². The van der Waals surface area contributed by atoms with E-state index in [4.69, 9.17) is 5.11 Å². The molecule has 0 amide bonds. The van der Waals surface area contributed by atoms with Crippen molar-refractivity contribution in [3.05, 3.63) is 29.3 Å². The number of nitrogens with zero attached hydrogens (tertiary/aromatic N) is 3. The van der Waals surface area contributed by atoms with Crippen molar-refractivity contribution in [1.29, 1.82) is 0 Å². The summed E-state index contributed by atoms with van der Waals surface area (Å²) in [5, 5.41) is 18.1. The van der Waals surface area contributed by atoms with Crippen molar-refractivity contribution < 1.29 is 9.90 Å². The fourth-order valence-electron chi connectivity index (χ4n) is 2.32. The van der Waals surface area contributed by atoms with Gasteiger partial charge in [-0.15, -0.1) is 10.2 Å². The van der Waals surface area contributed by atoms with E-state index in [1.807, 2.05) is 0 Å². The molecule has 0 bridgehead atoms. The molecule has 1 aliphatic carbocycles. The molecule has 6 heteroatoms. The van der Waals surface area contributed by atoms with Crippen LogP contribution in [0.4, 0.5) is 0 Å². The van der Waals surface area contributed by atoms with E-state index in [0.29, 0.717) is 11.2 Å². The van der Waals surface area contributed by atoms with Gasteiger partial charge in [-0.25, -0.2) is 0 Å². The smallest absolute Gasteiger partial charge is 0.313 e. The Morgan fingerprint density at radius 1 is 1.38 bits per heavy atom. The number of aliphatic carboxylic acids is 1. The van der Waals surface area contributed by atoms with Crippen molar-refractivity contribution >= 4 is 17.7 Å². The Morgan fingerprint density at radius 2 is 2.14 bits per heavy atom. The van der Waals surface area contributed by atoms with Crippen molar-refractivity contribution in [2.45, 2.75) is 37.9 Å². The molecule has 0 radical (unpaired) electrons. The molecule has 0 unspecified atom stereocenters. The Balaban J connectivity index is 2.02. The van der Waals surface area contributed by atoms with Crippen molar-refractivity contribution in [2.75, 3.05) is 5.75 Å². The van der Waals surface area contributed by atoms with Gasteiger partial charge in [-0.05, 0) is 38.3 Å². The quantitative estimate of drug-likeness (QED) is 0.860. The number of carboxylic acids is 1. The SMILES string of the molecule is Cc1ccc(C)c(-c2nnc(SCC(=O)O)n2C2CC2)c1. The fourth-order valence-corrected chi connectivity index (χ4v) is 3.05. The normalized spacial score (nSPS) is 14.4. The molecule has 0 atom stereocenters. The third-order valence-electron chi connectivity index (χ3n) is 3.54. The van der Waals surface area contributed by atoms with Crippen LogP contribution in [0.1, 0.15) is 30.0 Å². The number of carboxylic acid groups (broad SMARTS) is 1. The molecule has 5 nitrogen and oxygen atoms in total. The molecule has 1 aromatic carbocycles. The van der Waals surface area contributed by atoms with Crippen molar-refractivity contribution in [2.24, 2.45) is 0 Å². The Morgan fingerprint density at radius 3 is 2.81 bits per heavy atom. The number of hydrogen-bond acceptors (Lipinski definition) is 4. The third kappa shape index (κ3) is 2.95. The van der Waals surface area contributed by atoms with Crippen LogP contribution in [0.15, 0.2) is 23.4 Å². The van der Waals surface area contributed by atoms with Gasteiger partial charge in [-0.3, -0.25) is 9.36 Å². The highest BCUT2D eigenvalue weighted by molar-refractivity contribution is 7.99. The van der Waals surface area contributed by atoms with E-state index in [9.17, 15) is 4.79 Å². The summed E-state index contributed by atoms with van der Waals surface area (Å²) in [5.41, 5.74) is 3.42. The Kier molecular flexibility index (Phi) is 3.71. The lowest BCUT2D eigenvalue weighted by molar-refractivity contribution is -0.133. The Hall–Kier alpha value is -1.82. The maximum atomic E-state index is 10.8. The van der Waals surface area contributed by atoms with Crippen LogP contribution in [0, 0.1) is 13.8 Å². The number of benzene rings is 1. The first-order valence-electron chi connectivity index (χ1n) is 6.93. The van der Waals surface area contributed by atoms with Gasteiger partial charge in [0.2, 0.25) is 0 Å². The second kappa shape index (κ2) is 5.52. The first-order valence-corrected chi connectivity index (χ1v) is 7.92. The molecule has 1 fully saturated rings. The van der Waals surface area contributed by atoms with E-state index in [1.165, 1.54) is 17.3 Å². The largest absolute Gasteiger partial charge is 0.481 e. The fraction of sp³-hybridized carbons (Fsp3) is 0.400. The molecular weight excluding hydrogens is 286 g/mol. The van der Waals surface area contributed by atoms with Gasteiger partial charge in [-0.1, -0.05) is 29.5 Å². The molecule has 1 aromatic heterocycles. The topological polar surface area (TPSA) is 68.0 Å². The average Bonchev–Trinajstić information content (AvgIpc) is 3.19. The average molecular weight is 303 g/mol. The van der Waals surface area contributed by atoms with Gasteiger partial charge in [0.15, 0.2) is 11.0 Å². The van der Waals surface area contributed by atoms with E-state index in [0.717, 1.165) is 29.8 Å². The van der Waals surface area contributed by atoms with E-state index < -0.39 is 5.97 Å². The van der Waals surface area contributed by atoms with Gasteiger partial charge in [0, 0.05) is 11.6 Å². The Labute approximate surface area is 127 Å². The molecule has 1 N–H and O–H groups in total. The summed E-state index contributed by atoms with van der Waals surface area (Å²) in [6.07, 6.45) is 2.22. The number of carbonyl (C=O) groups is 1. The molecule has 0 saturated heterocycles. The number of thioether (sulfide) groups is 1. The highest BCUT2D eigenvalue weighted by Gasteiger charge is 2.30. The van der Waals surface area contributed by atoms with Crippen LogP contribution < -0.4 is 0 Å². The van der Waals surface area contributed by atoms with Gasteiger partial charge in [0.25, 0.3) is 0 Å². The molecule has 110 valence electrons. The molecule has 0 spiro atoms. The van der Waals surface area contributed by atoms with Crippen LogP contribution in [-0.2, 0) is 4.79 Å². The van der Waals surface area contributed by atoms with Crippen LogP contribution in [0.25, 0.3) is 11.4 Å². The lowest BCUT2D eigenvalue weighted by Gasteiger charge is -2.10. The monoisotopic (exact) mass is 303 g/mol. The second-order valence-corrected chi connectivity index (χ2v) is 6.35. The minimum Gasteiger partial charge on any atom is -0.481 e. The lowest BCUT2D eigenvalue weighted by atomic mass is 10.1. The molecule has 2 aromatic rings. The van der Waals surface area contributed by atoms with E-state index >= 15 is 0 Å². The van der Waals surface area contributed by atoms with E-state index in [1.54, 1.807) is 0 Å². The zero-order valence-corrected chi connectivity index (χ0v) is 12.9. The first kappa shape index (κ1) is 14.1. The summed E-state index contributed by atoms with van der Waals surface area (Å²) in [5.74, 6) is 0.0303. The van der Waals surface area contributed by atoms with Gasteiger partial charge in [0.05, 0.1) is 5.75 Å². The predicted molar refractivity (Wildman–Crippen MR) is 81.6 cm³/mol. The van der Waals surface area contributed by atoms with Crippen LogP contribution in [0.5, 0.6) is 0 Å². The van der Waals surface area contributed by atoms with Gasteiger partial charge >= 0.3 is 5.97 Å². The zero-order chi connectivity index (χ0) is 15.0. The predicted octanol–water partition coefficient (Wildman–Crippen LogP) is 3.07. The molecular formula is C15H17N3O2S. The van der Waals surface area contributed by atoms with Gasteiger partial charge in [-0.2, -0.15) is 0 Å². The Bertz CT molecular complexity index is 692. The standard InChI is InChI=1S/C15H17N3O2S/c1-9-3-4-10(2)12(7-9)14-16-17-15(21-8-13(19)20)18(14)11-5-6-11/h3-4,7,11H,5-6,8H2,1-2H3,(H,19,20). The lowest BCUT2D eigenvalue weighted by Crippen LogP contribution is -2.03. The van der Waals surface area contributed by atoms with Crippen LogP contribution >= 0.6 is 11.8 Å². The molecule has 21 heavy (non-hydrogen) atoms. The van der Waals surface area contributed by atoms with Crippen molar-refractivity contribution in [3.8, 4) is 11.4 Å². The van der Waals surface area contributed by atoms with E-state index in [-0.39, 0.29) is 5.75 Å². The van der Waals surface area contributed by atoms with Crippen LogP contribution in [-0.4, -0.2) is 31.6 Å². The molecule has 0 aliphatic heterocycles.